The number of amides is 2. The van der Waals surface area contributed by atoms with E-state index in [1.54, 1.807) is 4.90 Å². The van der Waals surface area contributed by atoms with Crippen LogP contribution in [0.3, 0.4) is 0 Å². The van der Waals surface area contributed by atoms with E-state index in [1.165, 1.54) is 0 Å². The van der Waals surface area contributed by atoms with Crippen LogP contribution in [0, 0.1) is 6.92 Å². The molecule has 0 unspecified atom stereocenters. The van der Waals surface area contributed by atoms with Gasteiger partial charge in [-0.25, -0.2) is 0 Å². The summed E-state index contributed by atoms with van der Waals surface area (Å²) in [4.78, 5) is 28.1. The van der Waals surface area contributed by atoms with Crippen LogP contribution < -0.4 is 10.1 Å². The minimum Gasteiger partial charge on any atom is -0.483 e. The molecule has 2 aromatic rings. The third-order valence-corrected chi connectivity index (χ3v) is 5.70. The molecule has 2 aromatic carbocycles. The number of benzene rings is 2. The SMILES string of the molecule is CCCCNC(=O)[C@@H](CC)N(Cc1cccc(C)c1)C(=O)COc1ccccc1C(C)(C)C. The number of hydrogen-bond donors (Lipinski definition) is 1. The molecule has 5 heteroatoms. The van der Waals surface area contributed by atoms with Gasteiger partial charge >= 0.3 is 0 Å². The molecule has 5 nitrogen and oxygen atoms in total. The van der Waals surface area contributed by atoms with Crippen molar-refractivity contribution in [2.45, 2.75) is 78.8 Å². The summed E-state index contributed by atoms with van der Waals surface area (Å²) in [6.07, 6.45) is 2.46. The minimum absolute atomic E-state index is 0.105. The number of carbonyl (C=O) groups excluding carboxylic acids is 2. The molecule has 0 radical (unpaired) electrons. The molecule has 0 aliphatic carbocycles. The molecular weight excluding hydrogens is 412 g/mol. The van der Waals surface area contributed by atoms with Crippen LogP contribution in [0.4, 0.5) is 0 Å². The summed E-state index contributed by atoms with van der Waals surface area (Å²) in [7, 11) is 0. The van der Waals surface area contributed by atoms with Gasteiger partial charge in [-0.1, -0.05) is 89.1 Å². The van der Waals surface area contributed by atoms with Crippen molar-refractivity contribution in [2.24, 2.45) is 0 Å². The lowest BCUT2D eigenvalue weighted by Gasteiger charge is -2.31. The van der Waals surface area contributed by atoms with Gasteiger partial charge in [0.1, 0.15) is 11.8 Å². The standard InChI is InChI=1S/C28H40N2O3/c1-7-9-17-29-27(32)24(8-2)30(19-22-14-12-13-21(3)18-22)26(31)20-33-25-16-11-10-15-23(25)28(4,5)6/h10-16,18,24H,7-9,17,19-20H2,1-6H3,(H,29,32)/t24-/m1/s1. The topological polar surface area (TPSA) is 58.6 Å². The van der Waals surface area contributed by atoms with E-state index < -0.39 is 6.04 Å². The first-order chi connectivity index (χ1) is 15.7. The molecule has 0 saturated heterocycles. The van der Waals surface area contributed by atoms with Crippen LogP contribution in [-0.2, 0) is 21.5 Å². The zero-order valence-electron chi connectivity index (χ0n) is 21.1. The van der Waals surface area contributed by atoms with Crippen LogP contribution >= 0.6 is 0 Å². The van der Waals surface area contributed by atoms with Gasteiger partial charge in [-0.05, 0) is 42.4 Å². The first-order valence-electron chi connectivity index (χ1n) is 12.0. The Balaban J connectivity index is 2.25. The van der Waals surface area contributed by atoms with Gasteiger partial charge in [-0.3, -0.25) is 9.59 Å². The van der Waals surface area contributed by atoms with Gasteiger partial charge in [-0.15, -0.1) is 0 Å². The Hall–Kier alpha value is -2.82. The molecule has 1 N–H and O–H groups in total. The normalized spacial score (nSPS) is 12.2. The molecule has 2 amide bonds. The van der Waals surface area contributed by atoms with Crippen molar-refractivity contribution in [3.8, 4) is 5.75 Å². The molecule has 33 heavy (non-hydrogen) atoms. The van der Waals surface area contributed by atoms with Crippen molar-refractivity contribution >= 4 is 11.8 Å². The maximum absolute atomic E-state index is 13.4. The highest BCUT2D eigenvalue weighted by molar-refractivity contribution is 5.88. The number of hydrogen-bond acceptors (Lipinski definition) is 3. The zero-order chi connectivity index (χ0) is 24.4. The summed E-state index contributed by atoms with van der Waals surface area (Å²) in [6.45, 7) is 13.3. The van der Waals surface area contributed by atoms with Crippen molar-refractivity contribution < 1.29 is 14.3 Å². The Morgan fingerprint density at radius 3 is 2.42 bits per heavy atom. The number of aryl methyl sites for hydroxylation is 1. The molecular formula is C28H40N2O3. The summed E-state index contributed by atoms with van der Waals surface area (Å²) in [5, 5.41) is 3.00. The number of para-hydroxylation sites is 1. The number of ether oxygens (including phenoxy) is 1. The predicted molar refractivity (Wildman–Crippen MR) is 134 cm³/mol. The molecule has 0 spiro atoms. The molecule has 0 aliphatic heterocycles. The van der Waals surface area contributed by atoms with Crippen molar-refractivity contribution in [3.63, 3.8) is 0 Å². The Morgan fingerprint density at radius 1 is 1.06 bits per heavy atom. The maximum atomic E-state index is 13.4. The first-order valence-corrected chi connectivity index (χ1v) is 12.0. The van der Waals surface area contributed by atoms with Gasteiger partial charge in [0.2, 0.25) is 5.91 Å². The summed E-state index contributed by atoms with van der Waals surface area (Å²) >= 11 is 0. The number of rotatable bonds is 11. The van der Waals surface area contributed by atoms with Gasteiger partial charge < -0.3 is 15.0 Å². The molecule has 0 saturated carbocycles. The van der Waals surface area contributed by atoms with Crippen molar-refractivity contribution in [1.82, 2.24) is 10.2 Å². The highest BCUT2D eigenvalue weighted by atomic mass is 16.5. The third kappa shape index (κ3) is 7.92. The molecule has 2 rings (SSSR count). The fraction of sp³-hybridized carbons (Fsp3) is 0.500. The lowest BCUT2D eigenvalue weighted by molar-refractivity contribution is -0.143. The monoisotopic (exact) mass is 452 g/mol. The van der Waals surface area contributed by atoms with Crippen LogP contribution in [0.2, 0.25) is 0 Å². The van der Waals surface area contributed by atoms with Gasteiger partial charge in [0, 0.05) is 13.1 Å². The largest absolute Gasteiger partial charge is 0.483 e. The molecule has 0 bridgehead atoms. The van der Waals surface area contributed by atoms with Crippen molar-refractivity contribution in [3.05, 3.63) is 65.2 Å². The molecule has 0 fully saturated rings. The Morgan fingerprint density at radius 2 is 1.79 bits per heavy atom. The van der Waals surface area contributed by atoms with Crippen molar-refractivity contribution in [2.75, 3.05) is 13.2 Å². The average molecular weight is 453 g/mol. The predicted octanol–water partition coefficient (Wildman–Crippen LogP) is 5.40. The summed E-state index contributed by atoms with van der Waals surface area (Å²) in [5.74, 6) is 0.397. The van der Waals surface area contributed by atoms with E-state index >= 15 is 0 Å². The van der Waals surface area contributed by atoms with Crippen molar-refractivity contribution in [1.29, 1.82) is 0 Å². The number of nitrogens with one attached hydrogen (secondary N) is 1. The van der Waals surface area contributed by atoms with E-state index in [0.29, 0.717) is 25.3 Å². The fourth-order valence-electron chi connectivity index (χ4n) is 3.87. The molecule has 180 valence electrons. The third-order valence-electron chi connectivity index (χ3n) is 5.70. The Bertz CT molecular complexity index is 917. The van der Waals surface area contributed by atoms with E-state index in [2.05, 4.69) is 39.1 Å². The smallest absolute Gasteiger partial charge is 0.261 e. The number of carbonyl (C=O) groups is 2. The van der Waals surface area contributed by atoms with Crippen LogP contribution in [-0.4, -0.2) is 35.9 Å². The summed E-state index contributed by atoms with van der Waals surface area (Å²) < 4.78 is 6.02. The van der Waals surface area contributed by atoms with Gasteiger partial charge in [-0.2, -0.15) is 0 Å². The molecule has 1 atom stereocenters. The molecule has 0 aromatic heterocycles. The number of nitrogens with zero attached hydrogens (tertiary/aromatic N) is 1. The van der Waals surface area contributed by atoms with E-state index in [0.717, 1.165) is 29.5 Å². The van der Waals surface area contributed by atoms with Gasteiger partial charge in [0.25, 0.3) is 5.91 Å². The quantitative estimate of drug-likeness (QED) is 0.465. The Labute approximate surface area is 199 Å². The maximum Gasteiger partial charge on any atom is 0.261 e. The lowest BCUT2D eigenvalue weighted by atomic mass is 9.86. The molecule has 0 aliphatic rings. The van der Waals surface area contributed by atoms with E-state index in [-0.39, 0.29) is 23.8 Å². The van der Waals surface area contributed by atoms with E-state index in [9.17, 15) is 9.59 Å². The Kier molecular flexibility index (Phi) is 9.95. The second kappa shape index (κ2) is 12.4. The van der Waals surface area contributed by atoms with E-state index in [4.69, 9.17) is 4.74 Å². The lowest BCUT2D eigenvalue weighted by Crippen LogP contribution is -2.50. The second-order valence-corrected chi connectivity index (χ2v) is 9.61. The molecule has 0 heterocycles. The van der Waals surface area contributed by atoms with Crippen LogP contribution in [0.5, 0.6) is 5.75 Å². The fourth-order valence-corrected chi connectivity index (χ4v) is 3.87. The van der Waals surface area contributed by atoms with Crippen LogP contribution in [0.1, 0.15) is 70.6 Å². The number of unbranched alkanes of at least 4 members (excludes halogenated alkanes) is 1. The average Bonchev–Trinajstić information content (AvgIpc) is 2.77. The first kappa shape index (κ1) is 26.4. The van der Waals surface area contributed by atoms with Gasteiger partial charge in [0.05, 0.1) is 0 Å². The highest BCUT2D eigenvalue weighted by Crippen LogP contribution is 2.31. The highest BCUT2D eigenvalue weighted by Gasteiger charge is 2.29. The van der Waals surface area contributed by atoms with E-state index in [1.807, 2.05) is 56.3 Å². The zero-order valence-corrected chi connectivity index (χ0v) is 21.1. The van der Waals surface area contributed by atoms with Crippen LogP contribution in [0.25, 0.3) is 0 Å². The minimum atomic E-state index is -0.545. The summed E-state index contributed by atoms with van der Waals surface area (Å²) in [5.41, 5.74) is 3.06. The van der Waals surface area contributed by atoms with Crippen LogP contribution in [0.15, 0.2) is 48.5 Å². The summed E-state index contributed by atoms with van der Waals surface area (Å²) in [6, 6.07) is 15.3. The second-order valence-electron chi connectivity index (χ2n) is 9.61. The van der Waals surface area contributed by atoms with Gasteiger partial charge in [0.15, 0.2) is 6.61 Å².